The van der Waals surface area contributed by atoms with Crippen LogP contribution in [-0.4, -0.2) is 44.9 Å². The lowest BCUT2D eigenvalue weighted by molar-refractivity contribution is -0.196. The normalized spacial score (nSPS) is 23.9. The van der Waals surface area contributed by atoms with Gasteiger partial charge >= 0.3 is 0 Å². The maximum Gasteiger partial charge on any atom is 0.203 e. The van der Waals surface area contributed by atoms with Gasteiger partial charge in [0, 0.05) is 12.8 Å². The van der Waals surface area contributed by atoms with Crippen LogP contribution in [0.5, 0.6) is 17.2 Å². The summed E-state index contributed by atoms with van der Waals surface area (Å²) >= 11 is 0. The van der Waals surface area contributed by atoms with Crippen molar-refractivity contribution >= 4 is 0 Å². The molecule has 1 aromatic rings. The van der Waals surface area contributed by atoms with Gasteiger partial charge in [-0.1, -0.05) is 6.42 Å². The van der Waals surface area contributed by atoms with Crippen molar-refractivity contribution in [3.05, 3.63) is 17.7 Å². The van der Waals surface area contributed by atoms with E-state index in [0.29, 0.717) is 29.4 Å². The van der Waals surface area contributed by atoms with Gasteiger partial charge in [-0.25, -0.2) is 0 Å². The minimum atomic E-state index is -0.819. The van der Waals surface area contributed by atoms with Crippen LogP contribution in [0.4, 0.5) is 0 Å². The fraction of sp³-hybridized carbons (Fsp3) is 0.667. The minimum absolute atomic E-state index is 0.387. The maximum absolute atomic E-state index is 10.8. The molecule has 1 saturated carbocycles. The Labute approximate surface area is 142 Å². The van der Waals surface area contributed by atoms with Gasteiger partial charge in [-0.3, -0.25) is 0 Å². The van der Waals surface area contributed by atoms with Crippen LogP contribution >= 0.6 is 0 Å². The number of ether oxygens (including phenoxy) is 5. The van der Waals surface area contributed by atoms with Gasteiger partial charge in [-0.2, -0.15) is 0 Å². The van der Waals surface area contributed by atoms with Gasteiger partial charge in [0.05, 0.1) is 27.9 Å². The quantitative estimate of drug-likeness (QED) is 0.890. The second-order valence-electron chi connectivity index (χ2n) is 6.34. The first-order valence-corrected chi connectivity index (χ1v) is 8.42. The number of hydrogen-bond donors (Lipinski definition) is 1. The molecule has 1 spiro atoms. The van der Waals surface area contributed by atoms with E-state index in [9.17, 15) is 5.11 Å². The largest absolute Gasteiger partial charge is 0.493 e. The summed E-state index contributed by atoms with van der Waals surface area (Å²) in [6, 6.07) is 3.50. The summed E-state index contributed by atoms with van der Waals surface area (Å²) in [6.45, 7) is 0.387. The molecule has 2 aliphatic rings. The van der Waals surface area contributed by atoms with Gasteiger partial charge in [0.25, 0.3) is 0 Å². The van der Waals surface area contributed by atoms with Crippen molar-refractivity contribution in [1.82, 2.24) is 0 Å². The number of aliphatic hydroxyl groups is 1. The fourth-order valence-electron chi connectivity index (χ4n) is 3.57. The first-order chi connectivity index (χ1) is 11.6. The monoisotopic (exact) mass is 338 g/mol. The van der Waals surface area contributed by atoms with E-state index in [1.54, 1.807) is 33.5 Å². The van der Waals surface area contributed by atoms with Crippen molar-refractivity contribution in [2.24, 2.45) is 0 Å². The predicted molar refractivity (Wildman–Crippen MR) is 87.7 cm³/mol. The summed E-state index contributed by atoms with van der Waals surface area (Å²) < 4.78 is 28.1. The lowest BCUT2D eigenvalue weighted by Gasteiger charge is -2.32. The zero-order chi connectivity index (χ0) is 17.2. The maximum atomic E-state index is 10.8. The summed E-state index contributed by atoms with van der Waals surface area (Å²) in [5.74, 6) is 1.02. The van der Waals surface area contributed by atoms with Gasteiger partial charge < -0.3 is 28.8 Å². The third-order valence-electron chi connectivity index (χ3n) is 4.87. The molecule has 3 rings (SSSR count). The molecule has 0 radical (unpaired) electrons. The van der Waals surface area contributed by atoms with Crippen molar-refractivity contribution in [2.45, 2.75) is 50.1 Å². The molecule has 6 heteroatoms. The number of rotatable bonds is 5. The Balaban J connectivity index is 1.81. The van der Waals surface area contributed by atoms with E-state index in [4.69, 9.17) is 23.7 Å². The molecule has 1 aliphatic heterocycles. The number of hydrogen-bond acceptors (Lipinski definition) is 6. The molecule has 1 heterocycles. The van der Waals surface area contributed by atoms with Gasteiger partial charge in [-0.05, 0) is 30.5 Å². The molecule has 6 nitrogen and oxygen atoms in total. The standard InChI is InChI=1S/C18H26O6/c1-20-13-9-12(10-14(21-2)17(13)22-3)16(19)15-11-23-18(24-15)7-5-4-6-8-18/h9-10,15-16,19H,4-8,11H2,1-3H3/t15-,16-/m1/s1. The van der Waals surface area contributed by atoms with Crippen LogP contribution in [0.1, 0.15) is 43.8 Å². The van der Waals surface area contributed by atoms with E-state index in [1.807, 2.05) is 0 Å². The molecule has 0 bridgehead atoms. The molecule has 24 heavy (non-hydrogen) atoms. The Morgan fingerprint density at radius 1 is 1.04 bits per heavy atom. The third-order valence-corrected chi connectivity index (χ3v) is 4.87. The van der Waals surface area contributed by atoms with Crippen LogP contribution in [0, 0.1) is 0 Å². The van der Waals surface area contributed by atoms with Crippen LogP contribution in [0.2, 0.25) is 0 Å². The molecular weight excluding hydrogens is 312 g/mol. The zero-order valence-corrected chi connectivity index (χ0v) is 14.5. The molecule has 0 unspecified atom stereocenters. The first kappa shape index (κ1) is 17.3. The summed E-state index contributed by atoms with van der Waals surface area (Å²) in [5.41, 5.74) is 0.658. The van der Waals surface area contributed by atoms with E-state index in [0.717, 1.165) is 25.7 Å². The van der Waals surface area contributed by atoms with Crippen LogP contribution in [0.3, 0.4) is 0 Å². The average molecular weight is 338 g/mol. The first-order valence-electron chi connectivity index (χ1n) is 8.42. The van der Waals surface area contributed by atoms with Crippen molar-refractivity contribution in [2.75, 3.05) is 27.9 Å². The molecule has 1 saturated heterocycles. The molecule has 2 atom stereocenters. The lowest BCUT2D eigenvalue weighted by Crippen LogP contribution is -2.34. The number of methoxy groups -OCH3 is 3. The van der Waals surface area contributed by atoms with Crippen molar-refractivity contribution in [3.8, 4) is 17.2 Å². The van der Waals surface area contributed by atoms with E-state index < -0.39 is 18.0 Å². The summed E-state index contributed by atoms with van der Waals surface area (Å²) in [6.07, 6.45) is 4.00. The van der Waals surface area contributed by atoms with Crippen LogP contribution in [0.15, 0.2) is 12.1 Å². The number of aliphatic hydroxyl groups excluding tert-OH is 1. The van der Waals surface area contributed by atoms with Crippen LogP contribution in [0.25, 0.3) is 0 Å². The Bertz CT molecular complexity index is 542. The highest BCUT2D eigenvalue weighted by atomic mass is 16.7. The van der Waals surface area contributed by atoms with E-state index in [-0.39, 0.29) is 0 Å². The highest BCUT2D eigenvalue weighted by molar-refractivity contribution is 5.54. The van der Waals surface area contributed by atoms with E-state index in [1.165, 1.54) is 6.42 Å². The Morgan fingerprint density at radius 3 is 2.21 bits per heavy atom. The molecule has 1 aromatic carbocycles. The molecule has 134 valence electrons. The Morgan fingerprint density at radius 2 is 1.67 bits per heavy atom. The van der Waals surface area contributed by atoms with Crippen molar-refractivity contribution < 1.29 is 28.8 Å². The van der Waals surface area contributed by atoms with Crippen molar-refractivity contribution in [3.63, 3.8) is 0 Å². The van der Waals surface area contributed by atoms with Gasteiger partial charge in [0.15, 0.2) is 17.3 Å². The SMILES string of the molecule is COc1cc([C@@H](O)[C@H]2COC3(CCCCC3)O2)cc(OC)c1OC. The van der Waals surface area contributed by atoms with E-state index in [2.05, 4.69) is 0 Å². The summed E-state index contributed by atoms with van der Waals surface area (Å²) in [4.78, 5) is 0. The molecule has 1 N–H and O–H groups in total. The molecule has 0 amide bonds. The molecule has 2 fully saturated rings. The smallest absolute Gasteiger partial charge is 0.203 e. The predicted octanol–water partition coefficient (Wildman–Crippen LogP) is 2.82. The van der Waals surface area contributed by atoms with Gasteiger partial charge in [0.1, 0.15) is 12.2 Å². The minimum Gasteiger partial charge on any atom is -0.493 e. The lowest BCUT2D eigenvalue weighted by atomic mass is 9.94. The Hall–Kier alpha value is -1.50. The highest BCUT2D eigenvalue weighted by Gasteiger charge is 2.44. The third kappa shape index (κ3) is 3.18. The van der Waals surface area contributed by atoms with Crippen molar-refractivity contribution in [1.29, 1.82) is 0 Å². The zero-order valence-electron chi connectivity index (χ0n) is 14.5. The summed E-state index contributed by atoms with van der Waals surface area (Å²) in [7, 11) is 4.66. The second-order valence-corrected chi connectivity index (χ2v) is 6.34. The molecular formula is C18H26O6. The number of benzene rings is 1. The average Bonchev–Trinajstić information content (AvgIpc) is 3.03. The van der Waals surface area contributed by atoms with Crippen LogP contribution < -0.4 is 14.2 Å². The topological polar surface area (TPSA) is 66.4 Å². The highest BCUT2D eigenvalue weighted by Crippen LogP contribution is 2.44. The fourth-order valence-corrected chi connectivity index (χ4v) is 3.57. The van der Waals surface area contributed by atoms with Gasteiger partial charge in [0.2, 0.25) is 5.75 Å². The second kappa shape index (κ2) is 7.17. The summed E-state index contributed by atoms with van der Waals surface area (Å²) in [5, 5.41) is 10.8. The Kier molecular flexibility index (Phi) is 5.18. The molecule has 1 aliphatic carbocycles. The van der Waals surface area contributed by atoms with E-state index >= 15 is 0 Å². The van der Waals surface area contributed by atoms with Gasteiger partial charge in [-0.15, -0.1) is 0 Å². The van der Waals surface area contributed by atoms with Crippen LogP contribution in [-0.2, 0) is 9.47 Å². The molecule has 0 aromatic heterocycles.